The van der Waals surface area contributed by atoms with Crippen molar-refractivity contribution in [3.63, 3.8) is 0 Å². The predicted molar refractivity (Wildman–Crippen MR) is 88.0 cm³/mol. The molecule has 20 heavy (non-hydrogen) atoms. The summed E-state index contributed by atoms with van der Waals surface area (Å²) < 4.78 is 22.9. The molecular formula is C12H20N2O3S3. The number of hydrogen-bond donors (Lipinski definition) is 2. The smallest absolute Gasteiger partial charge is 0.174 e. The molecule has 1 rings (SSSR count). The average Bonchev–Trinajstić information content (AvgIpc) is 2.74. The van der Waals surface area contributed by atoms with E-state index in [0.717, 1.165) is 9.90 Å². The first-order chi connectivity index (χ1) is 9.36. The summed E-state index contributed by atoms with van der Waals surface area (Å²) in [5.41, 5.74) is 6.48. The van der Waals surface area contributed by atoms with Crippen LogP contribution in [0.5, 0.6) is 0 Å². The van der Waals surface area contributed by atoms with E-state index in [-0.39, 0.29) is 17.3 Å². The van der Waals surface area contributed by atoms with Crippen LogP contribution in [0, 0.1) is 0 Å². The Morgan fingerprint density at radius 2 is 2.05 bits per heavy atom. The number of thioether (sulfide) groups is 1. The van der Waals surface area contributed by atoms with Crippen molar-refractivity contribution in [1.82, 2.24) is 0 Å². The minimum Gasteiger partial charge on any atom is -0.396 e. The van der Waals surface area contributed by atoms with Gasteiger partial charge in [0.05, 0.1) is 21.2 Å². The van der Waals surface area contributed by atoms with E-state index in [1.54, 1.807) is 13.8 Å². The lowest BCUT2D eigenvalue weighted by atomic mass is 10.2. The fourth-order valence-electron chi connectivity index (χ4n) is 1.58. The van der Waals surface area contributed by atoms with E-state index in [9.17, 15) is 13.2 Å². The minimum atomic E-state index is -3.00. The molecule has 0 aliphatic heterocycles. The summed E-state index contributed by atoms with van der Waals surface area (Å²) in [7, 11) is -3.00. The van der Waals surface area contributed by atoms with E-state index in [2.05, 4.69) is 5.32 Å². The first-order valence-corrected chi connectivity index (χ1v) is 10.2. The van der Waals surface area contributed by atoms with Crippen LogP contribution in [-0.2, 0) is 9.84 Å². The van der Waals surface area contributed by atoms with Crippen molar-refractivity contribution in [2.24, 2.45) is 0 Å². The molecule has 0 amide bonds. The largest absolute Gasteiger partial charge is 0.396 e. The third-order valence-electron chi connectivity index (χ3n) is 2.82. The van der Waals surface area contributed by atoms with E-state index in [1.807, 2.05) is 6.26 Å². The van der Waals surface area contributed by atoms with Crippen LogP contribution in [0.15, 0.2) is 4.90 Å². The van der Waals surface area contributed by atoms with Gasteiger partial charge in [-0.05, 0) is 6.26 Å². The Morgan fingerprint density at radius 1 is 1.40 bits per heavy atom. The summed E-state index contributed by atoms with van der Waals surface area (Å²) in [6.07, 6.45) is 2.29. The van der Waals surface area contributed by atoms with E-state index < -0.39 is 9.84 Å². The molecule has 0 spiro atoms. The van der Waals surface area contributed by atoms with Crippen LogP contribution in [0.2, 0.25) is 0 Å². The van der Waals surface area contributed by atoms with Gasteiger partial charge in [-0.2, -0.15) is 0 Å². The molecule has 0 fully saturated rings. The second-order valence-corrected chi connectivity index (χ2v) is 8.46. The summed E-state index contributed by atoms with van der Waals surface area (Å²) in [5.74, 6) is 0.222. The Kier molecular flexibility index (Phi) is 6.35. The predicted octanol–water partition coefficient (Wildman–Crippen LogP) is 2.49. The number of nitrogen functional groups attached to an aromatic ring is 1. The standard InChI is InChI=1S/C12H20N2O3S3/c1-4-8(15)10-9(13)11(18-3)12(19-10)14-6-7-20(16,17)5-2/h14H,4-7,13H2,1-3H3. The third kappa shape index (κ3) is 4.13. The molecule has 0 bridgehead atoms. The first-order valence-electron chi connectivity index (χ1n) is 6.30. The summed E-state index contributed by atoms with van der Waals surface area (Å²) in [4.78, 5) is 13.2. The normalized spacial score (nSPS) is 11.6. The molecule has 8 heteroatoms. The van der Waals surface area contributed by atoms with Crippen LogP contribution in [0.3, 0.4) is 0 Å². The second kappa shape index (κ2) is 7.33. The number of thiophene rings is 1. The maximum absolute atomic E-state index is 11.8. The molecule has 0 aliphatic carbocycles. The van der Waals surface area contributed by atoms with Crippen molar-refractivity contribution >= 4 is 49.4 Å². The van der Waals surface area contributed by atoms with Crippen molar-refractivity contribution in [3.05, 3.63) is 4.88 Å². The summed E-state index contributed by atoms with van der Waals surface area (Å²) >= 11 is 2.76. The van der Waals surface area contributed by atoms with Crippen LogP contribution < -0.4 is 11.1 Å². The maximum atomic E-state index is 11.8. The first kappa shape index (κ1) is 17.3. The van der Waals surface area contributed by atoms with E-state index in [0.29, 0.717) is 23.5 Å². The zero-order valence-electron chi connectivity index (χ0n) is 11.9. The van der Waals surface area contributed by atoms with Crippen molar-refractivity contribution in [2.45, 2.75) is 25.2 Å². The number of nitrogens with two attached hydrogens (primary N) is 1. The van der Waals surface area contributed by atoms with E-state index in [1.165, 1.54) is 23.1 Å². The fraction of sp³-hybridized carbons (Fsp3) is 0.583. The Labute approximate surface area is 128 Å². The zero-order chi connectivity index (χ0) is 15.3. The van der Waals surface area contributed by atoms with Gasteiger partial charge in [0.1, 0.15) is 5.00 Å². The number of rotatable bonds is 8. The van der Waals surface area contributed by atoms with Crippen molar-refractivity contribution in [2.75, 3.05) is 35.4 Å². The molecule has 1 heterocycles. The van der Waals surface area contributed by atoms with Gasteiger partial charge in [-0.1, -0.05) is 13.8 Å². The van der Waals surface area contributed by atoms with Gasteiger partial charge in [0, 0.05) is 18.7 Å². The quantitative estimate of drug-likeness (QED) is 0.560. The van der Waals surface area contributed by atoms with Crippen molar-refractivity contribution in [1.29, 1.82) is 0 Å². The van der Waals surface area contributed by atoms with E-state index in [4.69, 9.17) is 5.73 Å². The molecule has 1 aromatic rings. The lowest BCUT2D eigenvalue weighted by Crippen LogP contribution is -2.16. The molecule has 0 saturated carbocycles. The summed E-state index contributed by atoms with van der Waals surface area (Å²) in [6, 6.07) is 0. The number of hydrogen-bond acceptors (Lipinski definition) is 7. The molecule has 0 saturated heterocycles. The average molecular weight is 337 g/mol. The van der Waals surface area contributed by atoms with Crippen LogP contribution in [-0.4, -0.2) is 38.5 Å². The highest BCUT2D eigenvalue weighted by Crippen LogP contribution is 2.42. The minimum absolute atomic E-state index is 0.0111. The Balaban J connectivity index is 2.88. The zero-order valence-corrected chi connectivity index (χ0v) is 14.3. The van der Waals surface area contributed by atoms with Crippen LogP contribution in [0.1, 0.15) is 29.9 Å². The molecule has 5 nitrogen and oxygen atoms in total. The monoisotopic (exact) mass is 336 g/mol. The van der Waals surface area contributed by atoms with Gasteiger partial charge in [0.2, 0.25) is 0 Å². The number of nitrogens with one attached hydrogen (secondary N) is 1. The van der Waals surface area contributed by atoms with Gasteiger partial charge in [-0.15, -0.1) is 23.1 Å². The van der Waals surface area contributed by atoms with Gasteiger partial charge in [0.15, 0.2) is 15.6 Å². The lowest BCUT2D eigenvalue weighted by molar-refractivity contribution is 0.0992. The van der Waals surface area contributed by atoms with Crippen molar-refractivity contribution < 1.29 is 13.2 Å². The Bertz CT molecular complexity index is 579. The van der Waals surface area contributed by atoms with Crippen LogP contribution >= 0.6 is 23.1 Å². The van der Waals surface area contributed by atoms with Gasteiger partial charge >= 0.3 is 0 Å². The highest BCUT2D eigenvalue weighted by atomic mass is 32.2. The summed E-state index contributed by atoms with van der Waals surface area (Å²) in [6.45, 7) is 3.74. The molecule has 0 radical (unpaired) electrons. The molecule has 1 aromatic heterocycles. The molecule has 0 atom stereocenters. The van der Waals surface area contributed by atoms with Gasteiger partial charge in [-0.25, -0.2) is 8.42 Å². The number of carbonyl (C=O) groups is 1. The molecule has 0 aliphatic rings. The highest BCUT2D eigenvalue weighted by molar-refractivity contribution is 7.99. The number of Topliss-reactive ketones (excluding diaryl/α,β-unsaturated/α-hetero) is 1. The van der Waals surface area contributed by atoms with E-state index >= 15 is 0 Å². The van der Waals surface area contributed by atoms with Gasteiger partial charge in [-0.3, -0.25) is 4.79 Å². The fourth-order valence-corrected chi connectivity index (χ4v) is 4.35. The number of anilines is 2. The Morgan fingerprint density at radius 3 is 2.55 bits per heavy atom. The lowest BCUT2D eigenvalue weighted by Gasteiger charge is -2.06. The van der Waals surface area contributed by atoms with Crippen LogP contribution in [0.4, 0.5) is 10.7 Å². The highest BCUT2D eigenvalue weighted by Gasteiger charge is 2.19. The van der Waals surface area contributed by atoms with Gasteiger partial charge in [0.25, 0.3) is 0 Å². The SMILES string of the molecule is CCC(=O)c1sc(NCCS(=O)(=O)CC)c(SC)c1N. The van der Waals surface area contributed by atoms with Crippen LogP contribution in [0.25, 0.3) is 0 Å². The topological polar surface area (TPSA) is 89.3 Å². The number of sulfone groups is 1. The molecule has 0 unspecified atom stereocenters. The van der Waals surface area contributed by atoms with Crippen molar-refractivity contribution in [3.8, 4) is 0 Å². The molecule has 114 valence electrons. The van der Waals surface area contributed by atoms with Gasteiger partial charge < -0.3 is 11.1 Å². The second-order valence-electron chi connectivity index (χ2n) is 4.15. The maximum Gasteiger partial charge on any atom is 0.174 e. The number of carbonyl (C=O) groups excluding carboxylic acids is 1. The molecule has 3 N–H and O–H groups in total. The molecule has 0 aromatic carbocycles. The number of ketones is 1. The third-order valence-corrected chi connectivity index (χ3v) is 6.69. The summed E-state index contributed by atoms with van der Waals surface area (Å²) in [5, 5.41) is 3.86. The molecular weight excluding hydrogens is 316 g/mol. The Hall–Kier alpha value is -0.730.